The second kappa shape index (κ2) is 17.2. The number of benzene rings is 7. The van der Waals surface area contributed by atoms with Gasteiger partial charge in [-0.2, -0.15) is 0 Å². The lowest BCUT2D eigenvalue weighted by Crippen LogP contribution is -2.33. The maximum atomic E-state index is 7.07. The fraction of sp³-hybridized carbons (Fsp3) is 0.219. The highest BCUT2D eigenvalue weighted by molar-refractivity contribution is 6.11. The largest absolute Gasteiger partial charge is 0.458 e. The fourth-order valence-corrected chi connectivity index (χ4v) is 9.79. The van der Waals surface area contributed by atoms with Crippen LogP contribution in [-0.2, 0) is 21.7 Å². The van der Waals surface area contributed by atoms with Gasteiger partial charge in [0.1, 0.15) is 17.3 Å². The minimum absolute atomic E-state index is 0.0484. The first-order chi connectivity index (χ1) is 33.0. The Hall–Kier alpha value is -7.50. The second-order valence-electron chi connectivity index (χ2n) is 21.7. The molecular formula is C64H62N4O. The van der Waals surface area contributed by atoms with E-state index in [4.69, 9.17) is 9.72 Å². The van der Waals surface area contributed by atoms with Crippen molar-refractivity contribution in [1.82, 2.24) is 14.1 Å². The molecule has 0 fully saturated rings. The Balaban J connectivity index is 1.12. The molecular weight excluding hydrogens is 841 g/mol. The van der Waals surface area contributed by atoms with Crippen molar-refractivity contribution >= 4 is 21.8 Å². The number of pyridine rings is 1. The van der Waals surface area contributed by atoms with Crippen LogP contribution < -0.4 is 9.30 Å². The molecule has 0 radical (unpaired) electrons. The molecule has 5 heteroatoms. The zero-order valence-electron chi connectivity index (χ0n) is 41.7. The van der Waals surface area contributed by atoms with Crippen LogP contribution >= 0.6 is 0 Å². The molecule has 3 heterocycles. The molecule has 3 aromatic heterocycles. The third kappa shape index (κ3) is 8.56. The van der Waals surface area contributed by atoms with Gasteiger partial charge in [-0.1, -0.05) is 191 Å². The van der Waals surface area contributed by atoms with Crippen molar-refractivity contribution in [2.45, 2.75) is 90.9 Å². The molecule has 69 heavy (non-hydrogen) atoms. The van der Waals surface area contributed by atoms with Crippen LogP contribution in [0.2, 0.25) is 0 Å². The predicted molar refractivity (Wildman–Crippen MR) is 285 cm³/mol. The molecule has 5 nitrogen and oxygen atoms in total. The first kappa shape index (κ1) is 45.3. The van der Waals surface area contributed by atoms with Crippen LogP contribution in [0.4, 0.5) is 0 Å². The van der Waals surface area contributed by atoms with Crippen LogP contribution in [-0.4, -0.2) is 14.1 Å². The van der Waals surface area contributed by atoms with E-state index in [1.54, 1.807) is 0 Å². The van der Waals surface area contributed by atoms with Crippen molar-refractivity contribution in [2.24, 2.45) is 0 Å². The summed E-state index contributed by atoms with van der Waals surface area (Å²) in [6.45, 7) is 22.9. The number of nitrogens with zero attached hydrogens (tertiary/aromatic N) is 4. The minimum Gasteiger partial charge on any atom is -0.458 e. The SMILES string of the molecule is CC(C)(C)c1cc(-[n+]2[c-]n(-c3cccc(Oc4cc(C(C)(C)c5ccccc5)c5c6ccccc6n(-c6cc(C(C)(C)C)ccn6)c5c4)c3)cc2-c2ccccc2)cc(C(C)(C)c2ccccc2)c1. The van der Waals surface area contributed by atoms with E-state index < -0.39 is 0 Å². The van der Waals surface area contributed by atoms with Crippen LogP contribution in [0.5, 0.6) is 11.5 Å². The molecule has 0 bridgehead atoms. The molecule has 0 unspecified atom stereocenters. The molecule has 0 amide bonds. The quantitative estimate of drug-likeness (QED) is 0.101. The highest BCUT2D eigenvalue weighted by Gasteiger charge is 2.31. The lowest BCUT2D eigenvalue weighted by molar-refractivity contribution is -0.588. The summed E-state index contributed by atoms with van der Waals surface area (Å²) in [7, 11) is 0. The Bertz CT molecular complexity index is 3470. The van der Waals surface area contributed by atoms with Gasteiger partial charge in [0, 0.05) is 40.1 Å². The monoisotopic (exact) mass is 902 g/mol. The summed E-state index contributed by atoms with van der Waals surface area (Å²) < 4.78 is 13.7. The maximum Gasteiger partial charge on any atom is 0.269 e. The summed E-state index contributed by atoms with van der Waals surface area (Å²) in [5.41, 5.74) is 13.0. The standard InChI is InChI=1S/C64H62N4O/c1-61(2,3)47-33-34-65-59(38-47)68-56-32-21-20-31-54(56)60-55(64(9,10)46-27-18-13-19-28-46)40-53(41-57(60)68)69-52-30-22-29-50(39-52)66-42-58(44-23-14-11-15-24-44)67(43-66)51-36-48(62(4,5)6)35-49(37-51)63(7,8)45-25-16-12-17-26-45/h11-42H,1-10H3. The molecule has 0 saturated carbocycles. The van der Waals surface area contributed by atoms with E-state index in [1.165, 1.54) is 44.2 Å². The van der Waals surface area contributed by atoms with Gasteiger partial charge in [0.15, 0.2) is 0 Å². The number of para-hydroxylation sites is 1. The normalized spacial score (nSPS) is 12.5. The van der Waals surface area contributed by atoms with Crippen molar-refractivity contribution in [2.75, 3.05) is 0 Å². The maximum absolute atomic E-state index is 7.07. The Morgan fingerprint density at radius 3 is 1.80 bits per heavy atom. The molecule has 10 aromatic rings. The van der Waals surface area contributed by atoms with Crippen molar-refractivity contribution < 1.29 is 9.30 Å². The van der Waals surface area contributed by atoms with E-state index in [0.29, 0.717) is 0 Å². The third-order valence-corrected chi connectivity index (χ3v) is 14.1. The highest BCUT2D eigenvalue weighted by atomic mass is 16.5. The number of rotatable bonds is 10. The predicted octanol–water partition coefficient (Wildman–Crippen LogP) is 15.8. The summed E-state index contributed by atoms with van der Waals surface area (Å²) in [6.07, 6.45) is 7.92. The number of hydrogen-bond acceptors (Lipinski definition) is 2. The first-order valence-electron chi connectivity index (χ1n) is 24.2. The number of hydrogen-bond donors (Lipinski definition) is 0. The lowest BCUT2D eigenvalue weighted by Gasteiger charge is -2.30. The molecule has 0 atom stereocenters. The van der Waals surface area contributed by atoms with E-state index in [-0.39, 0.29) is 21.7 Å². The van der Waals surface area contributed by atoms with E-state index in [0.717, 1.165) is 51.0 Å². The van der Waals surface area contributed by atoms with Gasteiger partial charge in [0.05, 0.1) is 28.1 Å². The third-order valence-electron chi connectivity index (χ3n) is 14.1. The van der Waals surface area contributed by atoms with Crippen LogP contribution in [0.1, 0.15) is 103 Å². The van der Waals surface area contributed by atoms with E-state index >= 15 is 0 Å². The molecule has 0 N–H and O–H groups in total. The van der Waals surface area contributed by atoms with Gasteiger partial charge in [0.2, 0.25) is 0 Å². The molecule has 7 aromatic carbocycles. The summed E-state index contributed by atoms with van der Waals surface area (Å²) >= 11 is 0. The van der Waals surface area contributed by atoms with Crippen LogP contribution in [0.15, 0.2) is 194 Å². The fourth-order valence-electron chi connectivity index (χ4n) is 9.79. The van der Waals surface area contributed by atoms with Crippen LogP contribution in [0.3, 0.4) is 0 Å². The number of ether oxygens (including phenoxy) is 1. The lowest BCUT2D eigenvalue weighted by atomic mass is 9.75. The molecule has 0 aliphatic rings. The summed E-state index contributed by atoms with van der Waals surface area (Å²) in [4.78, 5) is 5.02. The Kier molecular flexibility index (Phi) is 11.3. The molecule has 0 aliphatic heterocycles. The van der Waals surface area contributed by atoms with Crippen LogP contribution in [0, 0.1) is 6.33 Å². The average molecular weight is 903 g/mol. The molecule has 10 rings (SSSR count). The van der Waals surface area contributed by atoms with E-state index in [1.807, 2.05) is 12.3 Å². The Labute approximate surface area is 408 Å². The van der Waals surface area contributed by atoms with Gasteiger partial charge in [-0.15, -0.1) is 0 Å². The van der Waals surface area contributed by atoms with Gasteiger partial charge in [-0.05, 0) is 104 Å². The van der Waals surface area contributed by atoms with Gasteiger partial charge in [0.25, 0.3) is 6.33 Å². The molecule has 344 valence electrons. The zero-order chi connectivity index (χ0) is 48.3. The first-order valence-corrected chi connectivity index (χ1v) is 24.2. The summed E-state index contributed by atoms with van der Waals surface area (Å²) in [6, 6.07) is 65.1. The van der Waals surface area contributed by atoms with Gasteiger partial charge in [-0.25, -0.2) is 4.98 Å². The Morgan fingerprint density at radius 2 is 1.12 bits per heavy atom. The van der Waals surface area contributed by atoms with Crippen molar-refractivity contribution in [3.63, 3.8) is 0 Å². The second-order valence-corrected chi connectivity index (χ2v) is 21.7. The van der Waals surface area contributed by atoms with Gasteiger partial charge >= 0.3 is 0 Å². The van der Waals surface area contributed by atoms with Gasteiger partial charge in [-0.3, -0.25) is 13.7 Å². The van der Waals surface area contributed by atoms with Gasteiger partial charge < -0.3 is 4.74 Å². The number of imidazole rings is 1. The zero-order valence-corrected chi connectivity index (χ0v) is 41.7. The summed E-state index contributed by atoms with van der Waals surface area (Å²) in [5, 5.41) is 2.37. The molecule has 0 spiro atoms. The van der Waals surface area contributed by atoms with Crippen molar-refractivity contribution in [1.29, 1.82) is 0 Å². The van der Waals surface area contributed by atoms with E-state index in [9.17, 15) is 0 Å². The Morgan fingerprint density at radius 1 is 0.493 bits per heavy atom. The van der Waals surface area contributed by atoms with Crippen molar-refractivity contribution in [3.05, 3.63) is 234 Å². The molecule has 0 aliphatic carbocycles. The molecule has 0 saturated heterocycles. The topological polar surface area (TPSA) is 35.9 Å². The number of aromatic nitrogens is 4. The summed E-state index contributed by atoms with van der Waals surface area (Å²) in [5.74, 6) is 2.35. The number of fused-ring (bicyclic) bond motifs is 3. The highest BCUT2D eigenvalue weighted by Crippen LogP contribution is 2.45. The van der Waals surface area contributed by atoms with E-state index in [2.05, 4.69) is 271 Å². The average Bonchev–Trinajstić information content (AvgIpc) is 3.95. The van der Waals surface area contributed by atoms with Crippen LogP contribution in [0.25, 0.3) is 50.3 Å². The van der Waals surface area contributed by atoms with Crippen molar-refractivity contribution in [3.8, 4) is 39.9 Å². The minimum atomic E-state index is -0.377. The smallest absolute Gasteiger partial charge is 0.269 e.